The van der Waals surface area contributed by atoms with E-state index in [1.54, 1.807) is 7.11 Å². The van der Waals surface area contributed by atoms with Crippen molar-refractivity contribution in [3.05, 3.63) is 47.7 Å². The normalized spacial score (nSPS) is 10.3. The van der Waals surface area contributed by atoms with Crippen molar-refractivity contribution in [1.82, 2.24) is 10.3 Å². The average Bonchev–Trinajstić information content (AvgIpc) is 2.47. The fourth-order valence-electron chi connectivity index (χ4n) is 1.86. The highest BCUT2D eigenvalue weighted by Gasteiger charge is 2.04. The molecule has 4 heteroatoms. The van der Waals surface area contributed by atoms with Crippen LogP contribution < -0.4 is 14.8 Å². The van der Waals surface area contributed by atoms with Gasteiger partial charge >= 0.3 is 0 Å². The fraction of sp³-hybridized carbons (Fsp3) is 0.312. The Morgan fingerprint density at radius 2 is 1.95 bits per heavy atom. The van der Waals surface area contributed by atoms with Gasteiger partial charge in [0.25, 0.3) is 0 Å². The molecule has 1 aromatic carbocycles. The van der Waals surface area contributed by atoms with E-state index in [9.17, 15) is 0 Å². The summed E-state index contributed by atoms with van der Waals surface area (Å²) in [6.45, 7) is 5.85. The molecule has 1 N–H and O–H groups in total. The fourth-order valence-corrected chi connectivity index (χ4v) is 1.86. The Labute approximate surface area is 119 Å². The van der Waals surface area contributed by atoms with Gasteiger partial charge in [0.05, 0.1) is 7.11 Å². The Morgan fingerprint density at radius 3 is 2.65 bits per heavy atom. The van der Waals surface area contributed by atoms with Crippen LogP contribution in [-0.2, 0) is 6.54 Å². The molecule has 0 radical (unpaired) electrons. The van der Waals surface area contributed by atoms with Crippen LogP contribution in [0, 0.1) is 6.92 Å². The summed E-state index contributed by atoms with van der Waals surface area (Å²) in [6, 6.07) is 11.4. The minimum Gasteiger partial charge on any atom is -0.497 e. The highest BCUT2D eigenvalue weighted by atomic mass is 16.5. The van der Waals surface area contributed by atoms with E-state index in [-0.39, 0.29) is 0 Å². The standard InChI is InChI=1S/C16H20N2O2/c1-4-17-11-13-8-9-16(18-12(13)2)20-15-7-5-6-14(10-15)19-3/h5-10,17H,4,11H2,1-3H3. The first-order valence-electron chi connectivity index (χ1n) is 6.72. The van der Waals surface area contributed by atoms with Gasteiger partial charge in [-0.3, -0.25) is 0 Å². The molecule has 0 atom stereocenters. The number of ether oxygens (including phenoxy) is 2. The zero-order valence-corrected chi connectivity index (χ0v) is 12.1. The van der Waals surface area contributed by atoms with Crippen LogP contribution in [0.25, 0.3) is 0 Å². The van der Waals surface area contributed by atoms with Gasteiger partial charge in [-0.2, -0.15) is 0 Å². The first-order chi connectivity index (χ1) is 9.72. The predicted octanol–water partition coefficient (Wildman–Crippen LogP) is 3.30. The maximum atomic E-state index is 5.75. The van der Waals surface area contributed by atoms with Crippen LogP contribution in [-0.4, -0.2) is 18.6 Å². The Balaban J connectivity index is 2.11. The quantitative estimate of drug-likeness (QED) is 0.876. The van der Waals surface area contributed by atoms with Crippen LogP contribution in [0.2, 0.25) is 0 Å². The van der Waals surface area contributed by atoms with Gasteiger partial charge in [-0.1, -0.05) is 19.1 Å². The molecule has 4 nitrogen and oxygen atoms in total. The molecule has 0 saturated heterocycles. The zero-order chi connectivity index (χ0) is 14.4. The summed E-state index contributed by atoms with van der Waals surface area (Å²) in [5, 5.41) is 3.29. The first kappa shape index (κ1) is 14.3. The van der Waals surface area contributed by atoms with Crippen LogP contribution in [0.5, 0.6) is 17.4 Å². The van der Waals surface area contributed by atoms with Crippen LogP contribution >= 0.6 is 0 Å². The molecule has 1 aromatic heterocycles. The summed E-state index contributed by atoms with van der Waals surface area (Å²) >= 11 is 0. The average molecular weight is 272 g/mol. The smallest absolute Gasteiger partial charge is 0.219 e. The Hall–Kier alpha value is -2.07. The number of rotatable bonds is 6. The number of hydrogen-bond acceptors (Lipinski definition) is 4. The third kappa shape index (κ3) is 3.71. The molecule has 0 saturated carbocycles. The summed E-state index contributed by atoms with van der Waals surface area (Å²) in [5.74, 6) is 2.08. The van der Waals surface area contributed by atoms with E-state index in [1.165, 1.54) is 5.56 Å². The van der Waals surface area contributed by atoms with Crippen molar-refractivity contribution in [3.8, 4) is 17.4 Å². The topological polar surface area (TPSA) is 43.4 Å². The minimum atomic E-state index is 0.594. The lowest BCUT2D eigenvalue weighted by Crippen LogP contribution is -2.13. The van der Waals surface area contributed by atoms with Crippen molar-refractivity contribution in [1.29, 1.82) is 0 Å². The number of benzene rings is 1. The molecule has 0 spiro atoms. The van der Waals surface area contributed by atoms with Gasteiger partial charge in [0.15, 0.2) is 0 Å². The van der Waals surface area contributed by atoms with E-state index in [4.69, 9.17) is 9.47 Å². The molecule has 2 aromatic rings. The van der Waals surface area contributed by atoms with Crippen molar-refractivity contribution >= 4 is 0 Å². The number of nitrogens with one attached hydrogen (secondary N) is 1. The lowest BCUT2D eigenvalue weighted by Gasteiger charge is -2.10. The SMILES string of the molecule is CCNCc1ccc(Oc2cccc(OC)c2)nc1C. The second kappa shape index (κ2) is 6.91. The summed E-state index contributed by atoms with van der Waals surface area (Å²) in [5.41, 5.74) is 2.16. The maximum Gasteiger partial charge on any atom is 0.219 e. The van der Waals surface area contributed by atoms with Crippen LogP contribution in [0.15, 0.2) is 36.4 Å². The lowest BCUT2D eigenvalue weighted by molar-refractivity contribution is 0.407. The van der Waals surface area contributed by atoms with Gasteiger partial charge in [-0.05, 0) is 31.2 Å². The third-order valence-electron chi connectivity index (χ3n) is 3.00. The molecular weight excluding hydrogens is 252 g/mol. The molecule has 106 valence electrons. The molecular formula is C16H20N2O2. The van der Waals surface area contributed by atoms with Gasteiger partial charge in [-0.25, -0.2) is 4.98 Å². The van der Waals surface area contributed by atoms with Gasteiger partial charge in [-0.15, -0.1) is 0 Å². The summed E-state index contributed by atoms with van der Waals surface area (Å²) in [4.78, 5) is 4.47. The first-order valence-corrected chi connectivity index (χ1v) is 6.72. The number of methoxy groups -OCH3 is 1. The van der Waals surface area contributed by atoms with E-state index >= 15 is 0 Å². The molecule has 2 rings (SSSR count). The summed E-state index contributed by atoms with van der Waals surface area (Å²) < 4.78 is 10.9. The van der Waals surface area contributed by atoms with Gasteiger partial charge in [0, 0.05) is 24.4 Å². The minimum absolute atomic E-state index is 0.594. The van der Waals surface area contributed by atoms with Crippen molar-refractivity contribution in [2.75, 3.05) is 13.7 Å². The van der Waals surface area contributed by atoms with Crippen LogP contribution in [0.3, 0.4) is 0 Å². The van der Waals surface area contributed by atoms with Crippen molar-refractivity contribution < 1.29 is 9.47 Å². The van der Waals surface area contributed by atoms with Crippen molar-refractivity contribution in [2.45, 2.75) is 20.4 Å². The van der Waals surface area contributed by atoms with Crippen molar-refractivity contribution in [2.24, 2.45) is 0 Å². The molecule has 1 heterocycles. The second-order valence-corrected chi connectivity index (χ2v) is 4.46. The zero-order valence-electron chi connectivity index (χ0n) is 12.1. The molecule has 20 heavy (non-hydrogen) atoms. The molecule has 0 fully saturated rings. The molecule has 0 aliphatic heterocycles. The number of nitrogens with zero attached hydrogens (tertiary/aromatic N) is 1. The molecule has 0 bridgehead atoms. The summed E-state index contributed by atoms with van der Waals surface area (Å²) in [7, 11) is 1.64. The number of pyridine rings is 1. The van der Waals surface area contributed by atoms with Gasteiger partial charge in [0.1, 0.15) is 11.5 Å². The van der Waals surface area contributed by atoms with Gasteiger partial charge in [0.2, 0.25) is 5.88 Å². The Kier molecular flexibility index (Phi) is 4.96. The predicted molar refractivity (Wildman–Crippen MR) is 79.4 cm³/mol. The number of hydrogen-bond donors (Lipinski definition) is 1. The monoisotopic (exact) mass is 272 g/mol. The van der Waals surface area contributed by atoms with E-state index in [0.29, 0.717) is 5.88 Å². The lowest BCUT2D eigenvalue weighted by atomic mass is 10.2. The van der Waals surface area contributed by atoms with E-state index in [1.807, 2.05) is 43.3 Å². The van der Waals surface area contributed by atoms with Crippen LogP contribution in [0.1, 0.15) is 18.2 Å². The van der Waals surface area contributed by atoms with E-state index in [2.05, 4.69) is 17.2 Å². The number of aromatic nitrogens is 1. The largest absolute Gasteiger partial charge is 0.497 e. The summed E-state index contributed by atoms with van der Waals surface area (Å²) in [6.07, 6.45) is 0. The highest BCUT2D eigenvalue weighted by Crippen LogP contribution is 2.24. The Bertz CT molecular complexity index is 570. The second-order valence-electron chi connectivity index (χ2n) is 4.46. The Morgan fingerprint density at radius 1 is 1.15 bits per heavy atom. The third-order valence-corrected chi connectivity index (χ3v) is 3.00. The van der Waals surface area contributed by atoms with E-state index < -0.39 is 0 Å². The molecule has 0 aliphatic carbocycles. The molecule has 0 unspecified atom stereocenters. The maximum absolute atomic E-state index is 5.75. The van der Waals surface area contributed by atoms with Crippen molar-refractivity contribution in [3.63, 3.8) is 0 Å². The molecule has 0 amide bonds. The van der Waals surface area contributed by atoms with E-state index in [0.717, 1.165) is 30.3 Å². The van der Waals surface area contributed by atoms with Crippen LogP contribution in [0.4, 0.5) is 0 Å². The highest BCUT2D eigenvalue weighted by molar-refractivity contribution is 5.36. The number of aryl methyl sites for hydroxylation is 1. The van der Waals surface area contributed by atoms with Gasteiger partial charge < -0.3 is 14.8 Å². The molecule has 0 aliphatic rings.